The van der Waals surface area contributed by atoms with Crippen molar-refractivity contribution in [2.45, 2.75) is 20.0 Å². The largest absolute Gasteiger partial charge is 0.367 e. The van der Waals surface area contributed by atoms with E-state index in [2.05, 4.69) is 4.98 Å². The Hall–Kier alpha value is -1.52. The highest BCUT2D eigenvalue weighted by Gasteiger charge is 2.18. The molecular formula is C14H15NO2S. The van der Waals surface area contributed by atoms with Crippen molar-refractivity contribution in [3.8, 4) is 0 Å². The van der Waals surface area contributed by atoms with E-state index in [0.29, 0.717) is 11.5 Å². The number of hydrogen-bond acceptors (Lipinski definition) is 4. The summed E-state index contributed by atoms with van der Waals surface area (Å²) in [4.78, 5) is 16.3. The third-order valence-electron chi connectivity index (χ3n) is 2.53. The van der Waals surface area contributed by atoms with Crippen molar-refractivity contribution in [1.82, 2.24) is 4.98 Å². The number of rotatable bonds is 5. The molecule has 1 heterocycles. The van der Waals surface area contributed by atoms with Gasteiger partial charge in [-0.1, -0.05) is 30.3 Å². The molecule has 0 bridgehead atoms. The molecular weight excluding hydrogens is 246 g/mol. The third-order valence-corrected chi connectivity index (χ3v) is 3.67. The van der Waals surface area contributed by atoms with E-state index in [0.717, 1.165) is 10.6 Å². The summed E-state index contributed by atoms with van der Waals surface area (Å²) in [6.07, 6.45) is 1.44. The van der Waals surface area contributed by atoms with Gasteiger partial charge in [0.2, 0.25) is 0 Å². The first-order valence-corrected chi connectivity index (χ1v) is 6.67. The average Bonchev–Trinajstić information content (AvgIpc) is 2.86. The van der Waals surface area contributed by atoms with Crippen LogP contribution in [0.1, 0.15) is 40.2 Å². The van der Waals surface area contributed by atoms with Gasteiger partial charge in [0, 0.05) is 19.7 Å². The van der Waals surface area contributed by atoms with E-state index in [-0.39, 0.29) is 11.9 Å². The average molecular weight is 261 g/mol. The highest BCUT2D eigenvalue weighted by Crippen LogP contribution is 2.29. The summed E-state index contributed by atoms with van der Waals surface area (Å²) >= 11 is 1.40. The minimum absolute atomic E-state index is 0.0436. The number of ketones is 1. The van der Waals surface area contributed by atoms with E-state index < -0.39 is 0 Å². The summed E-state index contributed by atoms with van der Waals surface area (Å²) in [7, 11) is 0. The molecule has 1 atom stereocenters. The Labute approximate surface area is 110 Å². The molecule has 18 heavy (non-hydrogen) atoms. The molecule has 0 saturated carbocycles. The molecule has 4 heteroatoms. The Kier molecular flexibility index (Phi) is 4.23. The van der Waals surface area contributed by atoms with Crippen LogP contribution in [-0.2, 0) is 4.74 Å². The second kappa shape index (κ2) is 5.89. The van der Waals surface area contributed by atoms with Crippen molar-refractivity contribution in [1.29, 1.82) is 0 Å². The molecule has 0 aliphatic heterocycles. The lowest BCUT2D eigenvalue weighted by Crippen LogP contribution is -2.05. The highest BCUT2D eigenvalue weighted by atomic mass is 32.1. The van der Waals surface area contributed by atoms with Crippen LogP contribution in [0.15, 0.2) is 36.5 Å². The molecule has 2 aromatic rings. The number of ether oxygens (including phenoxy) is 1. The molecule has 0 amide bonds. The first kappa shape index (κ1) is 12.9. The number of aromatic nitrogens is 1. The van der Waals surface area contributed by atoms with Gasteiger partial charge in [0.05, 0.1) is 4.88 Å². The first-order chi connectivity index (χ1) is 8.72. The topological polar surface area (TPSA) is 39.2 Å². The zero-order valence-corrected chi connectivity index (χ0v) is 11.2. The number of hydrogen-bond donors (Lipinski definition) is 0. The maximum Gasteiger partial charge on any atom is 0.171 e. The Morgan fingerprint density at radius 3 is 2.67 bits per heavy atom. The Bertz CT molecular complexity index is 522. The molecule has 1 aromatic carbocycles. The van der Waals surface area contributed by atoms with Crippen LogP contribution >= 0.6 is 11.3 Å². The van der Waals surface area contributed by atoms with Gasteiger partial charge in [-0.05, 0) is 12.5 Å². The molecule has 0 saturated heterocycles. The fourth-order valence-corrected chi connectivity index (χ4v) is 2.57. The Morgan fingerprint density at radius 1 is 1.39 bits per heavy atom. The Morgan fingerprint density at radius 2 is 2.11 bits per heavy atom. The quantitative estimate of drug-likeness (QED) is 0.774. The normalized spacial score (nSPS) is 12.3. The number of carbonyl (C=O) groups excluding carboxylic acids is 1. The van der Waals surface area contributed by atoms with Gasteiger partial charge in [0.1, 0.15) is 11.1 Å². The van der Waals surface area contributed by atoms with E-state index in [4.69, 9.17) is 4.74 Å². The fraction of sp³-hybridized carbons (Fsp3) is 0.286. The summed E-state index contributed by atoms with van der Waals surface area (Å²) in [5, 5.41) is 0.827. The maximum absolute atomic E-state index is 11.3. The zero-order chi connectivity index (χ0) is 13.0. The molecule has 1 unspecified atom stereocenters. The van der Waals surface area contributed by atoms with Gasteiger partial charge >= 0.3 is 0 Å². The van der Waals surface area contributed by atoms with Crippen LogP contribution in [0.3, 0.4) is 0 Å². The summed E-state index contributed by atoms with van der Waals surface area (Å²) in [6.45, 7) is 4.11. The van der Waals surface area contributed by atoms with E-state index in [1.54, 1.807) is 13.1 Å². The van der Waals surface area contributed by atoms with Gasteiger partial charge in [-0.25, -0.2) is 4.98 Å². The van der Waals surface area contributed by atoms with Crippen LogP contribution in [0.25, 0.3) is 0 Å². The molecule has 3 nitrogen and oxygen atoms in total. The van der Waals surface area contributed by atoms with E-state index >= 15 is 0 Å². The van der Waals surface area contributed by atoms with Gasteiger partial charge in [-0.3, -0.25) is 4.79 Å². The number of thiazole rings is 1. The number of benzene rings is 1. The van der Waals surface area contributed by atoms with E-state index in [9.17, 15) is 4.79 Å². The van der Waals surface area contributed by atoms with Crippen molar-refractivity contribution in [2.24, 2.45) is 0 Å². The molecule has 1 aromatic heterocycles. The standard InChI is InChI=1S/C14H15NO2S/c1-3-17-13(11-7-5-4-6-8-11)14-15-9-12(18-14)10(2)16/h4-9,13H,3H2,1-2H3. The van der Waals surface area contributed by atoms with Crippen molar-refractivity contribution in [3.05, 3.63) is 52.0 Å². The summed E-state index contributed by atoms with van der Waals surface area (Å²) in [6, 6.07) is 9.93. The number of carbonyl (C=O) groups is 1. The van der Waals surface area contributed by atoms with Crippen LogP contribution < -0.4 is 0 Å². The van der Waals surface area contributed by atoms with Crippen LogP contribution in [0.4, 0.5) is 0 Å². The second-order valence-electron chi connectivity index (χ2n) is 3.87. The molecule has 0 aliphatic carbocycles. The minimum atomic E-state index is -0.186. The lowest BCUT2D eigenvalue weighted by atomic mass is 10.1. The van der Waals surface area contributed by atoms with Crippen LogP contribution in [0, 0.1) is 0 Å². The van der Waals surface area contributed by atoms with Crippen molar-refractivity contribution in [3.63, 3.8) is 0 Å². The lowest BCUT2D eigenvalue weighted by molar-refractivity contribution is 0.0911. The molecule has 0 N–H and O–H groups in total. The zero-order valence-electron chi connectivity index (χ0n) is 10.4. The van der Waals surface area contributed by atoms with Gasteiger partial charge in [-0.2, -0.15) is 0 Å². The van der Waals surface area contributed by atoms with Crippen molar-refractivity contribution < 1.29 is 9.53 Å². The fourth-order valence-electron chi connectivity index (χ4n) is 1.68. The number of Topliss-reactive ketones (excluding diaryl/α,β-unsaturated/α-hetero) is 1. The van der Waals surface area contributed by atoms with Gasteiger partial charge in [0.25, 0.3) is 0 Å². The molecule has 0 spiro atoms. The summed E-state index contributed by atoms with van der Waals surface area (Å²) in [5.41, 5.74) is 1.06. The van der Waals surface area contributed by atoms with Crippen LogP contribution in [-0.4, -0.2) is 17.4 Å². The monoisotopic (exact) mass is 261 g/mol. The SMILES string of the molecule is CCOC(c1ccccc1)c1ncc(C(C)=O)s1. The molecule has 94 valence electrons. The number of nitrogens with zero attached hydrogens (tertiary/aromatic N) is 1. The predicted molar refractivity (Wildman–Crippen MR) is 72.0 cm³/mol. The van der Waals surface area contributed by atoms with E-state index in [1.807, 2.05) is 37.3 Å². The molecule has 0 fully saturated rings. The molecule has 0 aliphatic rings. The van der Waals surface area contributed by atoms with Crippen molar-refractivity contribution >= 4 is 17.1 Å². The smallest absolute Gasteiger partial charge is 0.171 e. The van der Waals surface area contributed by atoms with Gasteiger partial charge < -0.3 is 4.74 Å². The predicted octanol–water partition coefficient (Wildman–Crippen LogP) is 3.47. The van der Waals surface area contributed by atoms with E-state index in [1.165, 1.54) is 11.3 Å². The van der Waals surface area contributed by atoms with Crippen LogP contribution in [0.2, 0.25) is 0 Å². The Balaban J connectivity index is 2.32. The third kappa shape index (κ3) is 2.83. The lowest BCUT2D eigenvalue weighted by Gasteiger charge is -2.14. The molecule has 0 radical (unpaired) electrons. The van der Waals surface area contributed by atoms with Gasteiger partial charge in [0.15, 0.2) is 5.78 Å². The van der Waals surface area contributed by atoms with Crippen LogP contribution in [0.5, 0.6) is 0 Å². The minimum Gasteiger partial charge on any atom is -0.367 e. The summed E-state index contributed by atoms with van der Waals surface area (Å²) in [5.74, 6) is 0.0436. The maximum atomic E-state index is 11.3. The summed E-state index contributed by atoms with van der Waals surface area (Å²) < 4.78 is 5.74. The highest BCUT2D eigenvalue weighted by molar-refractivity contribution is 7.13. The second-order valence-corrected chi connectivity index (χ2v) is 4.93. The van der Waals surface area contributed by atoms with Gasteiger partial charge in [-0.15, -0.1) is 11.3 Å². The first-order valence-electron chi connectivity index (χ1n) is 5.85. The van der Waals surface area contributed by atoms with Crippen molar-refractivity contribution in [2.75, 3.05) is 6.61 Å². The molecule has 2 rings (SSSR count).